The van der Waals surface area contributed by atoms with Crippen molar-refractivity contribution in [2.75, 3.05) is 18.8 Å². The van der Waals surface area contributed by atoms with Crippen molar-refractivity contribution < 1.29 is 14.0 Å². The number of nitrogens with two attached hydrogens (primary N) is 1. The van der Waals surface area contributed by atoms with Crippen LogP contribution in [0, 0.1) is 11.7 Å². The summed E-state index contributed by atoms with van der Waals surface area (Å²) in [6.07, 6.45) is 4.40. The zero-order chi connectivity index (χ0) is 20.4. The highest BCUT2D eigenvalue weighted by atomic mass is 19.1. The maximum absolute atomic E-state index is 13.2. The molecule has 3 heterocycles. The number of likely N-dealkylation sites (tertiary alicyclic amines) is 1. The van der Waals surface area contributed by atoms with Crippen molar-refractivity contribution in [2.24, 2.45) is 5.92 Å². The van der Waals surface area contributed by atoms with Gasteiger partial charge >= 0.3 is 0 Å². The van der Waals surface area contributed by atoms with Gasteiger partial charge in [-0.25, -0.2) is 9.07 Å². The Morgan fingerprint density at radius 3 is 2.66 bits per heavy atom. The first-order chi connectivity index (χ1) is 14.0. The number of nitrogens with zero attached hydrogens (tertiary/aromatic N) is 4. The SMILES string of the molecule is Nc1c(C(=O)C2CCCN(C(=O)c3ccccn3)C2)cnn1-c1ccc(F)cc1. The fourth-order valence-corrected chi connectivity index (χ4v) is 3.58. The van der Waals surface area contributed by atoms with Crippen LogP contribution in [0.25, 0.3) is 5.69 Å². The lowest BCUT2D eigenvalue weighted by Crippen LogP contribution is -2.42. The molecule has 1 saturated heterocycles. The van der Waals surface area contributed by atoms with Crippen LogP contribution in [0.15, 0.2) is 54.9 Å². The summed E-state index contributed by atoms with van der Waals surface area (Å²) < 4.78 is 14.6. The highest BCUT2D eigenvalue weighted by molar-refractivity contribution is 6.02. The Morgan fingerprint density at radius 1 is 1.14 bits per heavy atom. The van der Waals surface area contributed by atoms with Crippen LogP contribution in [0.2, 0.25) is 0 Å². The molecule has 1 unspecified atom stereocenters. The van der Waals surface area contributed by atoms with Crippen molar-refractivity contribution in [3.63, 3.8) is 0 Å². The van der Waals surface area contributed by atoms with Crippen molar-refractivity contribution in [1.29, 1.82) is 0 Å². The van der Waals surface area contributed by atoms with Gasteiger partial charge < -0.3 is 10.6 Å². The molecule has 0 bridgehead atoms. The maximum atomic E-state index is 13.2. The molecule has 8 heteroatoms. The lowest BCUT2D eigenvalue weighted by Gasteiger charge is -2.31. The number of Topliss-reactive ketones (excluding diaryl/α,β-unsaturated/α-hetero) is 1. The van der Waals surface area contributed by atoms with Crippen LogP contribution in [0.5, 0.6) is 0 Å². The number of benzene rings is 1. The van der Waals surface area contributed by atoms with Crippen LogP contribution in [0.4, 0.5) is 10.2 Å². The van der Waals surface area contributed by atoms with Gasteiger partial charge in [-0.2, -0.15) is 5.10 Å². The lowest BCUT2D eigenvalue weighted by molar-refractivity contribution is 0.0632. The molecule has 29 heavy (non-hydrogen) atoms. The molecule has 0 saturated carbocycles. The minimum atomic E-state index is -0.365. The van der Waals surface area contributed by atoms with E-state index in [4.69, 9.17) is 5.73 Å². The number of carbonyl (C=O) groups is 2. The zero-order valence-electron chi connectivity index (χ0n) is 15.7. The molecule has 148 valence electrons. The van der Waals surface area contributed by atoms with Gasteiger partial charge in [0.2, 0.25) is 0 Å². The van der Waals surface area contributed by atoms with E-state index in [-0.39, 0.29) is 29.2 Å². The Balaban J connectivity index is 1.52. The first-order valence-corrected chi connectivity index (χ1v) is 9.38. The standard InChI is InChI=1S/C21H20FN5O2/c22-15-6-8-16(9-7-15)27-20(23)17(12-25-27)19(28)14-4-3-11-26(13-14)21(29)18-5-1-2-10-24-18/h1-2,5-10,12,14H,3-4,11,13,23H2. The number of carbonyl (C=O) groups excluding carboxylic acids is 2. The number of rotatable bonds is 4. The van der Waals surface area contributed by atoms with Gasteiger partial charge in [0.1, 0.15) is 17.3 Å². The van der Waals surface area contributed by atoms with Gasteiger partial charge in [-0.3, -0.25) is 14.6 Å². The predicted molar refractivity (Wildman–Crippen MR) is 105 cm³/mol. The largest absolute Gasteiger partial charge is 0.383 e. The van der Waals surface area contributed by atoms with Gasteiger partial charge in [-0.05, 0) is 49.2 Å². The minimum Gasteiger partial charge on any atom is -0.383 e. The Labute approximate surface area is 167 Å². The second-order valence-electron chi connectivity index (χ2n) is 7.00. The summed E-state index contributed by atoms with van der Waals surface area (Å²) in [5.74, 6) is -0.845. The first kappa shape index (κ1) is 18.8. The average molecular weight is 393 g/mol. The molecule has 3 aromatic rings. The summed E-state index contributed by atoms with van der Waals surface area (Å²) >= 11 is 0. The lowest BCUT2D eigenvalue weighted by atomic mass is 9.90. The van der Waals surface area contributed by atoms with Gasteiger partial charge in [-0.15, -0.1) is 0 Å². The van der Waals surface area contributed by atoms with Crippen LogP contribution in [-0.4, -0.2) is 44.4 Å². The van der Waals surface area contributed by atoms with Crippen LogP contribution >= 0.6 is 0 Å². The molecule has 2 aromatic heterocycles. The molecule has 4 rings (SSSR count). The third-order valence-electron chi connectivity index (χ3n) is 5.11. The summed E-state index contributed by atoms with van der Waals surface area (Å²) in [5, 5.41) is 4.19. The van der Waals surface area contributed by atoms with Gasteiger partial charge in [0.25, 0.3) is 5.91 Å². The smallest absolute Gasteiger partial charge is 0.272 e. The predicted octanol–water partition coefficient (Wildman–Crippen LogP) is 2.72. The number of nitrogen functional groups attached to an aromatic ring is 1. The van der Waals surface area contributed by atoms with E-state index in [1.807, 2.05) is 0 Å². The fourth-order valence-electron chi connectivity index (χ4n) is 3.58. The topological polar surface area (TPSA) is 94.1 Å². The molecule has 1 fully saturated rings. The molecule has 0 spiro atoms. The third-order valence-corrected chi connectivity index (χ3v) is 5.11. The van der Waals surface area contributed by atoms with E-state index >= 15 is 0 Å². The zero-order valence-corrected chi connectivity index (χ0v) is 15.7. The maximum Gasteiger partial charge on any atom is 0.272 e. The number of piperidine rings is 1. The van der Waals surface area contributed by atoms with E-state index in [1.54, 1.807) is 41.4 Å². The number of ketones is 1. The number of anilines is 1. The average Bonchev–Trinajstić information content (AvgIpc) is 3.15. The van der Waals surface area contributed by atoms with Crippen molar-refractivity contribution in [1.82, 2.24) is 19.7 Å². The monoisotopic (exact) mass is 393 g/mol. The number of hydrogen-bond donors (Lipinski definition) is 1. The number of pyridine rings is 1. The molecule has 1 amide bonds. The molecule has 1 atom stereocenters. The van der Waals surface area contributed by atoms with Gasteiger partial charge in [0, 0.05) is 25.2 Å². The van der Waals surface area contributed by atoms with Gasteiger partial charge in [0.15, 0.2) is 5.78 Å². The Morgan fingerprint density at radius 2 is 1.93 bits per heavy atom. The molecule has 7 nitrogen and oxygen atoms in total. The van der Waals surface area contributed by atoms with E-state index < -0.39 is 0 Å². The highest BCUT2D eigenvalue weighted by Gasteiger charge is 2.31. The Bertz CT molecular complexity index is 1030. The Hall–Kier alpha value is -3.55. The van der Waals surface area contributed by atoms with Gasteiger partial charge in [0.05, 0.1) is 17.4 Å². The van der Waals surface area contributed by atoms with E-state index in [1.165, 1.54) is 23.0 Å². The van der Waals surface area contributed by atoms with E-state index in [9.17, 15) is 14.0 Å². The first-order valence-electron chi connectivity index (χ1n) is 9.38. The van der Waals surface area contributed by atoms with Crippen molar-refractivity contribution in [3.8, 4) is 5.69 Å². The molecular weight excluding hydrogens is 373 g/mol. The number of hydrogen-bond acceptors (Lipinski definition) is 5. The minimum absolute atomic E-state index is 0.144. The van der Waals surface area contributed by atoms with E-state index in [0.717, 1.165) is 6.42 Å². The normalized spacial score (nSPS) is 16.6. The van der Waals surface area contributed by atoms with Crippen molar-refractivity contribution in [2.45, 2.75) is 12.8 Å². The van der Waals surface area contributed by atoms with Crippen molar-refractivity contribution >= 4 is 17.5 Å². The number of halogens is 1. The van der Waals surface area contributed by atoms with Crippen LogP contribution in [-0.2, 0) is 0 Å². The van der Waals surface area contributed by atoms with Crippen molar-refractivity contribution in [3.05, 3.63) is 71.9 Å². The molecule has 1 aromatic carbocycles. The molecule has 1 aliphatic heterocycles. The highest BCUT2D eigenvalue weighted by Crippen LogP contribution is 2.26. The molecular formula is C21H20FN5O2. The summed E-state index contributed by atoms with van der Waals surface area (Å²) in [4.78, 5) is 31.5. The third kappa shape index (κ3) is 3.73. The molecule has 2 N–H and O–H groups in total. The fraction of sp³-hybridized carbons (Fsp3) is 0.238. The van der Waals surface area contributed by atoms with Gasteiger partial charge in [-0.1, -0.05) is 6.07 Å². The molecule has 0 aliphatic carbocycles. The Kier molecular flexibility index (Phi) is 5.07. The quantitative estimate of drug-likeness (QED) is 0.688. The summed E-state index contributed by atoms with van der Waals surface area (Å²) in [6, 6.07) is 10.9. The van der Waals surface area contributed by atoms with Crippen LogP contribution in [0.3, 0.4) is 0 Å². The second kappa shape index (κ2) is 7.83. The molecule has 1 aliphatic rings. The summed E-state index contributed by atoms with van der Waals surface area (Å²) in [7, 11) is 0. The number of amides is 1. The van der Waals surface area contributed by atoms with Crippen LogP contribution in [0.1, 0.15) is 33.7 Å². The van der Waals surface area contributed by atoms with Crippen LogP contribution < -0.4 is 5.73 Å². The van der Waals surface area contributed by atoms with E-state index in [2.05, 4.69) is 10.1 Å². The number of aromatic nitrogens is 3. The summed E-state index contributed by atoms with van der Waals surface area (Å²) in [6.45, 7) is 0.902. The summed E-state index contributed by atoms with van der Waals surface area (Å²) in [5.41, 5.74) is 7.41. The molecule has 0 radical (unpaired) electrons. The second-order valence-corrected chi connectivity index (χ2v) is 7.00. The van der Waals surface area contributed by atoms with E-state index in [0.29, 0.717) is 36.5 Å².